The number of aryl methyl sites for hydroxylation is 1. The van der Waals surface area contributed by atoms with Crippen LogP contribution in [0.2, 0.25) is 0 Å². The summed E-state index contributed by atoms with van der Waals surface area (Å²) in [5, 5.41) is 1.06. The molecule has 140 valence electrons. The Hall–Kier alpha value is -1.50. The maximum absolute atomic E-state index is 12.7. The first-order valence-corrected chi connectivity index (χ1v) is 10.5. The zero-order valence-electron chi connectivity index (χ0n) is 15.4. The third-order valence-corrected chi connectivity index (χ3v) is 6.58. The van der Waals surface area contributed by atoms with Crippen LogP contribution in [-0.4, -0.2) is 65.6 Å². The number of carbonyl (C=O) groups excluding carboxylic acids is 1. The average Bonchev–Trinajstić information content (AvgIpc) is 3.09. The van der Waals surface area contributed by atoms with Gasteiger partial charge < -0.3 is 9.64 Å². The summed E-state index contributed by atoms with van der Waals surface area (Å²) in [6.45, 7) is 6.45. The second-order valence-corrected chi connectivity index (χ2v) is 8.40. The summed E-state index contributed by atoms with van der Waals surface area (Å²) in [6.07, 6.45) is 3.65. The minimum absolute atomic E-state index is 0.251. The normalized spacial score (nSPS) is 24.0. The van der Waals surface area contributed by atoms with Gasteiger partial charge in [0.2, 0.25) is 5.91 Å². The molecule has 5 nitrogen and oxygen atoms in total. The lowest BCUT2D eigenvalue weighted by Crippen LogP contribution is -2.62. The Balaban J connectivity index is 1.32. The van der Waals surface area contributed by atoms with E-state index in [0.29, 0.717) is 18.5 Å². The molecule has 0 bridgehead atoms. The fourth-order valence-corrected chi connectivity index (χ4v) is 5.11. The van der Waals surface area contributed by atoms with Crippen molar-refractivity contribution in [3.05, 3.63) is 29.3 Å². The number of thiazole rings is 1. The summed E-state index contributed by atoms with van der Waals surface area (Å²) in [5.74, 6) is 0.251. The van der Waals surface area contributed by atoms with Gasteiger partial charge in [-0.15, -0.1) is 11.3 Å². The molecular formula is C20H27N3O2S. The Kier molecular flexibility index (Phi) is 5.52. The summed E-state index contributed by atoms with van der Waals surface area (Å²) in [5.41, 5.74) is 1.04. The smallest absolute Gasteiger partial charge is 0.223 e. The number of hydrogen-bond acceptors (Lipinski definition) is 5. The maximum atomic E-state index is 12.7. The second-order valence-electron chi connectivity index (χ2n) is 7.29. The molecular weight excluding hydrogens is 346 g/mol. The third-order valence-electron chi connectivity index (χ3n) is 5.48. The van der Waals surface area contributed by atoms with Crippen molar-refractivity contribution in [1.29, 1.82) is 0 Å². The van der Waals surface area contributed by atoms with Crippen LogP contribution in [0.1, 0.15) is 31.2 Å². The first-order valence-electron chi connectivity index (χ1n) is 9.70. The van der Waals surface area contributed by atoms with Crippen LogP contribution in [-0.2, 0) is 16.0 Å². The van der Waals surface area contributed by atoms with E-state index in [1.165, 1.54) is 17.5 Å². The Morgan fingerprint density at radius 2 is 2.19 bits per heavy atom. The summed E-state index contributed by atoms with van der Waals surface area (Å²) in [6, 6.07) is 9.06. The number of benzene rings is 1. The van der Waals surface area contributed by atoms with Gasteiger partial charge in [-0.1, -0.05) is 25.5 Å². The Morgan fingerprint density at radius 1 is 1.31 bits per heavy atom. The molecule has 2 aliphatic heterocycles. The molecule has 2 aromatic rings. The monoisotopic (exact) mass is 373 g/mol. The van der Waals surface area contributed by atoms with Crippen LogP contribution in [0.3, 0.4) is 0 Å². The molecule has 0 N–H and O–H groups in total. The van der Waals surface area contributed by atoms with Gasteiger partial charge in [-0.25, -0.2) is 4.98 Å². The van der Waals surface area contributed by atoms with Crippen LogP contribution < -0.4 is 0 Å². The van der Waals surface area contributed by atoms with E-state index in [0.717, 1.165) is 49.8 Å². The first-order chi connectivity index (χ1) is 12.7. The van der Waals surface area contributed by atoms with Crippen molar-refractivity contribution in [3.8, 4) is 0 Å². The van der Waals surface area contributed by atoms with Crippen LogP contribution in [0.5, 0.6) is 0 Å². The summed E-state index contributed by atoms with van der Waals surface area (Å²) in [7, 11) is 0. The van der Waals surface area contributed by atoms with Gasteiger partial charge in [-0.3, -0.25) is 9.69 Å². The molecule has 2 fully saturated rings. The van der Waals surface area contributed by atoms with Crippen LogP contribution in [0, 0.1) is 0 Å². The quantitative estimate of drug-likeness (QED) is 0.808. The van der Waals surface area contributed by atoms with E-state index in [-0.39, 0.29) is 5.91 Å². The zero-order chi connectivity index (χ0) is 17.9. The number of ether oxygens (including phenoxy) is 1. The van der Waals surface area contributed by atoms with Crippen LogP contribution >= 0.6 is 11.3 Å². The van der Waals surface area contributed by atoms with Crippen molar-refractivity contribution in [3.63, 3.8) is 0 Å². The fourth-order valence-electron chi connectivity index (χ4n) is 4.14. The van der Waals surface area contributed by atoms with Crippen molar-refractivity contribution in [2.45, 2.75) is 44.7 Å². The number of aromatic nitrogens is 1. The lowest BCUT2D eigenvalue weighted by molar-refractivity contribution is -0.139. The summed E-state index contributed by atoms with van der Waals surface area (Å²) in [4.78, 5) is 22.0. The minimum atomic E-state index is 0.251. The highest BCUT2D eigenvalue weighted by atomic mass is 32.1. The first kappa shape index (κ1) is 17.9. The van der Waals surface area contributed by atoms with Crippen LogP contribution in [0.4, 0.5) is 0 Å². The van der Waals surface area contributed by atoms with E-state index in [2.05, 4.69) is 22.9 Å². The van der Waals surface area contributed by atoms with E-state index in [1.54, 1.807) is 11.3 Å². The van der Waals surface area contributed by atoms with E-state index >= 15 is 0 Å². The van der Waals surface area contributed by atoms with Gasteiger partial charge in [-0.05, 0) is 18.6 Å². The Morgan fingerprint density at radius 3 is 3.04 bits per heavy atom. The summed E-state index contributed by atoms with van der Waals surface area (Å²) < 4.78 is 7.01. The van der Waals surface area contributed by atoms with Crippen LogP contribution in [0.15, 0.2) is 24.3 Å². The van der Waals surface area contributed by atoms with Crippen molar-refractivity contribution in [1.82, 2.24) is 14.8 Å². The largest absolute Gasteiger partial charge is 0.378 e. The topological polar surface area (TPSA) is 45.7 Å². The average molecular weight is 374 g/mol. The van der Waals surface area contributed by atoms with E-state index in [1.807, 2.05) is 23.1 Å². The SMILES string of the molecule is CCC[C@H]1COC[C@H]2CN(C(=O)CCc3nc4ccccc4s3)CCN12. The number of nitrogens with zero attached hydrogens (tertiary/aromatic N) is 3. The number of carbonyl (C=O) groups is 1. The molecule has 0 spiro atoms. The molecule has 4 rings (SSSR count). The lowest BCUT2D eigenvalue weighted by Gasteiger charge is -2.48. The molecule has 6 heteroatoms. The van der Waals surface area contributed by atoms with Crippen molar-refractivity contribution < 1.29 is 9.53 Å². The van der Waals surface area contributed by atoms with Gasteiger partial charge in [-0.2, -0.15) is 0 Å². The molecule has 1 aromatic carbocycles. The Labute approximate surface area is 159 Å². The molecule has 26 heavy (non-hydrogen) atoms. The molecule has 2 atom stereocenters. The van der Waals surface area contributed by atoms with Gasteiger partial charge in [0.05, 0.1) is 34.5 Å². The predicted molar refractivity (Wildman–Crippen MR) is 105 cm³/mol. The predicted octanol–water partition coefficient (Wildman–Crippen LogP) is 2.94. The number of morpholine rings is 1. The summed E-state index contributed by atoms with van der Waals surface area (Å²) >= 11 is 1.70. The minimum Gasteiger partial charge on any atom is -0.378 e. The number of rotatable bonds is 5. The molecule has 0 radical (unpaired) electrons. The van der Waals surface area contributed by atoms with Gasteiger partial charge in [0.1, 0.15) is 0 Å². The van der Waals surface area contributed by atoms with Crippen molar-refractivity contribution in [2.24, 2.45) is 0 Å². The highest BCUT2D eigenvalue weighted by molar-refractivity contribution is 7.18. The van der Waals surface area contributed by atoms with Gasteiger partial charge in [0.15, 0.2) is 0 Å². The van der Waals surface area contributed by atoms with E-state index in [4.69, 9.17) is 4.74 Å². The molecule has 0 aliphatic carbocycles. The zero-order valence-corrected chi connectivity index (χ0v) is 16.2. The number of piperazine rings is 1. The highest BCUT2D eigenvalue weighted by Crippen LogP contribution is 2.24. The third kappa shape index (κ3) is 3.77. The highest BCUT2D eigenvalue weighted by Gasteiger charge is 2.36. The second kappa shape index (κ2) is 8.03. The molecule has 0 saturated carbocycles. The van der Waals surface area contributed by atoms with Crippen molar-refractivity contribution >= 4 is 27.5 Å². The van der Waals surface area contributed by atoms with Gasteiger partial charge >= 0.3 is 0 Å². The molecule has 2 saturated heterocycles. The lowest BCUT2D eigenvalue weighted by atomic mass is 10.0. The number of amides is 1. The molecule has 0 unspecified atom stereocenters. The molecule has 3 heterocycles. The Bertz CT molecular complexity index is 727. The molecule has 1 aromatic heterocycles. The number of para-hydroxylation sites is 1. The molecule has 1 amide bonds. The van der Waals surface area contributed by atoms with Crippen LogP contribution in [0.25, 0.3) is 10.2 Å². The standard InChI is InChI=1S/C20H27N3O2S/c1-2-5-15-13-25-14-16-12-22(10-11-23(15)16)20(24)9-8-19-21-17-6-3-4-7-18(17)26-19/h3-4,6-7,15-16H,2,5,8-14H2,1H3/t15-,16+/m0/s1. The molecule has 2 aliphatic rings. The number of hydrogen-bond donors (Lipinski definition) is 0. The van der Waals surface area contributed by atoms with Gasteiger partial charge in [0.25, 0.3) is 0 Å². The number of fused-ring (bicyclic) bond motifs is 2. The van der Waals surface area contributed by atoms with Gasteiger partial charge in [0, 0.05) is 38.5 Å². The van der Waals surface area contributed by atoms with E-state index < -0.39 is 0 Å². The maximum Gasteiger partial charge on any atom is 0.223 e. The van der Waals surface area contributed by atoms with E-state index in [9.17, 15) is 4.79 Å². The van der Waals surface area contributed by atoms with Crippen molar-refractivity contribution in [2.75, 3.05) is 32.8 Å². The fraction of sp³-hybridized carbons (Fsp3) is 0.600.